The summed E-state index contributed by atoms with van der Waals surface area (Å²) < 4.78 is 0. The predicted octanol–water partition coefficient (Wildman–Crippen LogP) is 2.49. The van der Waals surface area contributed by atoms with E-state index in [0.717, 1.165) is 23.9 Å². The molecule has 1 aliphatic carbocycles. The second-order valence-electron chi connectivity index (χ2n) is 6.26. The van der Waals surface area contributed by atoms with Crippen LogP contribution in [0.1, 0.15) is 46.0 Å². The van der Waals surface area contributed by atoms with Crippen molar-refractivity contribution in [3.05, 3.63) is 0 Å². The van der Waals surface area contributed by atoms with Crippen molar-refractivity contribution in [2.24, 2.45) is 11.8 Å². The highest BCUT2D eigenvalue weighted by Gasteiger charge is 2.26. The Labute approximate surface area is 101 Å². The van der Waals surface area contributed by atoms with Crippen LogP contribution < -0.4 is 5.32 Å². The second-order valence-corrected chi connectivity index (χ2v) is 6.26. The third-order valence-corrected chi connectivity index (χ3v) is 4.72. The Morgan fingerprint density at radius 2 is 1.81 bits per heavy atom. The van der Waals surface area contributed by atoms with E-state index < -0.39 is 0 Å². The fraction of sp³-hybridized carbons (Fsp3) is 1.00. The van der Waals surface area contributed by atoms with Gasteiger partial charge < -0.3 is 10.2 Å². The summed E-state index contributed by atoms with van der Waals surface area (Å²) in [6.45, 7) is 7.24. The highest BCUT2D eigenvalue weighted by atomic mass is 15.2. The molecule has 1 aliphatic heterocycles. The summed E-state index contributed by atoms with van der Waals surface area (Å²) in [6.07, 6.45) is 7.14. The van der Waals surface area contributed by atoms with Gasteiger partial charge in [-0.05, 0) is 51.6 Å². The maximum absolute atomic E-state index is 3.79. The zero-order valence-electron chi connectivity index (χ0n) is 11.2. The van der Waals surface area contributed by atoms with Crippen molar-refractivity contribution in [1.29, 1.82) is 0 Å². The Morgan fingerprint density at radius 1 is 1.12 bits per heavy atom. The molecule has 0 aromatic rings. The minimum Gasteiger partial charge on any atom is -0.312 e. The molecule has 2 unspecified atom stereocenters. The molecular formula is C14H28N2. The van der Waals surface area contributed by atoms with Crippen LogP contribution in [-0.2, 0) is 0 Å². The summed E-state index contributed by atoms with van der Waals surface area (Å²) in [5.74, 6) is 1.94. The van der Waals surface area contributed by atoms with Crippen molar-refractivity contribution < 1.29 is 0 Å². The van der Waals surface area contributed by atoms with Crippen LogP contribution in [0.15, 0.2) is 0 Å². The standard InChI is InChI=1S/C14H28N2/c1-11-4-6-13(7-5-11)9-15-14-8-12(2)16(3)10-14/h11-15H,4-10H2,1-3H3. The number of rotatable bonds is 3. The van der Waals surface area contributed by atoms with Gasteiger partial charge in [-0.2, -0.15) is 0 Å². The van der Waals surface area contributed by atoms with Crippen molar-refractivity contribution >= 4 is 0 Å². The van der Waals surface area contributed by atoms with Gasteiger partial charge in [0.15, 0.2) is 0 Å². The molecule has 1 saturated heterocycles. The number of hydrogen-bond donors (Lipinski definition) is 1. The highest BCUT2D eigenvalue weighted by molar-refractivity contribution is 4.85. The maximum Gasteiger partial charge on any atom is 0.0209 e. The molecule has 16 heavy (non-hydrogen) atoms. The van der Waals surface area contributed by atoms with E-state index in [2.05, 4.69) is 31.1 Å². The van der Waals surface area contributed by atoms with Gasteiger partial charge in [0.2, 0.25) is 0 Å². The quantitative estimate of drug-likeness (QED) is 0.792. The van der Waals surface area contributed by atoms with Gasteiger partial charge in [0.1, 0.15) is 0 Å². The fourth-order valence-electron chi connectivity index (χ4n) is 3.21. The molecule has 1 heterocycles. The van der Waals surface area contributed by atoms with Gasteiger partial charge in [0.25, 0.3) is 0 Å². The van der Waals surface area contributed by atoms with E-state index in [1.807, 2.05) is 0 Å². The lowest BCUT2D eigenvalue weighted by atomic mass is 9.83. The zero-order valence-corrected chi connectivity index (χ0v) is 11.2. The monoisotopic (exact) mass is 224 g/mol. The summed E-state index contributed by atoms with van der Waals surface area (Å²) in [7, 11) is 2.24. The molecule has 0 aromatic carbocycles. The number of nitrogens with zero attached hydrogens (tertiary/aromatic N) is 1. The largest absolute Gasteiger partial charge is 0.312 e. The summed E-state index contributed by atoms with van der Waals surface area (Å²) in [5.41, 5.74) is 0. The van der Waals surface area contributed by atoms with Gasteiger partial charge in [-0.25, -0.2) is 0 Å². The van der Waals surface area contributed by atoms with Crippen molar-refractivity contribution in [3.8, 4) is 0 Å². The Balaban J connectivity index is 1.64. The third-order valence-electron chi connectivity index (χ3n) is 4.72. The third kappa shape index (κ3) is 3.21. The number of likely N-dealkylation sites (N-methyl/N-ethyl adjacent to an activating group) is 1. The maximum atomic E-state index is 3.79. The molecule has 2 aliphatic rings. The van der Waals surface area contributed by atoms with E-state index in [0.29, 0.717) is 0 Å². The van der Waals surface area contributed by atoms with Gasteiger partial charge >= 0.3 is 0 Å². The lowest BCUT2D eigenvalue weighted by Gasteiger charge is -2.27. The SMILES string of the molecule is CC1CCC(CNC2CC(C)N(C)C2)CC1. The van der Waals surface area contributed by atoms with Crippen LogP contribution in [0.2, 0.25) is 0 Å². The van der Waals surface area contributed by atoms with Crippen LogP contribution in [0, 0.1) is 11.8 Å². The van der Waals surface area contributed by atoms with E-state index in [1.54, 1.807) is 0 Å². The molecule has 1 saturated carbocycles. The van der Waals surface area contributed by atoms with Gasteiger partial charge in [0, 0.05) is 18.6 Å². The van der Waals surface area contributed by atoms with Crippen molar-refractivity contribution in [1.82, 2.24) is 10.2 Å². The first kappa shape index (κ1) is 12.4. The Morgan fingerprint density at radius 3 is 2.38 bits per heavy atom. The molecule has 1 N–H and O–H groups in total. The predicted molar refractivity (Wildman–Crippen MR) is 69.6 cm³/mol. The Kier molecular flexibility index (Phi) is 4.26. The number of likely N-dealkylation sites (tertiary alicyclic amines) is 1. The molecule has 0 bridgehead atoms. The van der Waals surface area contributed by atoms with E-state index in [4.69, 9.17) is 0 Å². The highest BCUT2D eigenvalue weighted by Crippen LogP contribution is 2.28. The fourth-order valence-corrected chi connectivity index (χ4v) is 3.21. The molecule has 2 rings (SSSR count). The molecule has 2 fully saturated rings. The number of nitrogens with one attached hydrogen (secondary N) is 1. The van der Waals surface area contributed by atoms with E-state index in [9.17, 15) is 0 Å². The second kappa shape index (κ2) is 5.50. The molecule has 2 atom stereocenters. The van der Waals surface area contributed by atoms with Crippen LogP contribution >= 0.6 is 0 Å². The van der Waals surface area contributed by atoms with E-state index in [1.165, 1.54) is 45.2 Å². The van der Waals surface area contributed by atoms with E-state index in [-0.39, 0.29) is 0 Å². The average Bonchev–Trinajstić information content (AvgIpc) is 2.58. The summed E-state index contributed by atoms with van der Waals surface area (Å²) in [6, 6.07) is 1.52. The van der Waals surface area contributed by atoms with Crippen LogP contribution in [-0.4, -0.2) is 37.1 Å². The van der Waals surface area contributed by atoms with Gasteiger partial charge in [-0.15, -0.1) is 0 Å². The molecule has 0 spiro atoms. The smallest absolute Gasteiger partial charge is 0.0209 e. The van der Waals surface area contributed by atoms with Gasteiger partial charge in [-0.3, -0.25) is 0 Å². The molecular weight excluding hydrogens is 196 g/mol. The van der Waals surface area contributed by atoms with E-state index >= 15 is 0 Å². The van der Waals surface area contributed by atoms with Crippen LogP contribution in [0.5, 0.6) is 0 Å². The summed E-state index contributed by atoms with van der Waals surface area (Å²) in [4.78, 5) is 2.47. The lowest BCUT2D eigenvalue weighted by Crippen LogP contribution is -2.36. The average molecular weight is 224 g/mol. The molecule has 0 radical (unpaired) electrons. The van der Waals surface area contributed by atoms with Gasteiger partial charge in [0.05, 0.1) is 0 Å². The minimum atomic E-state index is 0.749. The Hall–Kier alpha value is -0.0800. The van der Waals surface area contributed by atoms with Crippen molar-refractivity contribution in [3.63, 3.8) is 0 Å². The molecule has 2 heteroatoms. The first-order valence-electron chi connectivity index (χ1n) is 7.08. The van der Waals surface area contributed by atoms with Crippen LogP contribution in [0.4, 0.5) is 0 Å². The van der Waals surface area contributed by atoms with Crippen molar-refractivity contribution in [2.75, 3.05) is 20.1 Å². The van der Waals surface area contributed by atoms with Crippen molar-refractivity contribution in [2.45, 2.75) is 58.0 Å². The lowest BCUT2D eigenvalue weighted by molar-refractivity contribution is 0.272. The number of hydrogen-bond acceptors (Lipinski definition) is 2. The molecule has 2 nitrogen and oxygen atoms in total. The van der Waals surface area contributed by atoms with Crippen LogP contribution in [0.3, 0.4) is 0 Å². The Bertz CT molecular complexity index is 199. The zero-order chi connectivity index (χ0) is 11.5. The molecule has 94 valence electrons. The molecule has 0 amide bonds. The summed E-state index contributed by atoms with van der Waals surface area (Å²) in [5, 5.41) is 3.79. The normalized spacial score (nSPS) is 41.4. The minimum absolute atomic E-state index is 0.749. The summed E-state index contributed by atoms with van der Waals surface area (Å²) >= 11 is 0. The van der Waals surface area contributed by atoms with Gasteiger partial charge in [-0.1, -0.05) is 19.8 Å². The first-order chi connectivity index (χ1) is 7.65. The molecule has 0 aromatic heterocycles. The first-order valence-corrected chi connectivity index (χ1v) is 7.08. The topological polar surface area (TPSA) is 15.3 Å². The van der Waals surface area contributed by atoms with Crippen LogP contribution in [0.25, 0.3) is 0 Å².